The summed E-state index contributed by atoms with van der Waals surface area (Å²) in [6, 6.07) is 4.10. The lowest BCUT2D eigenvalue weighted by molar-refractivity contribution is -0.130. The summed E-state index contributed by atoms with van der Waals surface area (Å²) in [6.45, 7) is 9.64. The zero-order chi connectivity index (χ0) is 15.5. The lowest BCUT2D eigenvalue weighted by Crippen LogP contribution is -2.40. The van der Waals surface area contributed by atoms with Crippen molar-refractivity contribution in [2.45, 2.75) is 33.7 Å². The summed E-state index contributed by atoms with van der Waals surface area (Å²) in [5.74, 6) is 0.944. The second-order valence-electron chi connectivity index (χ2n) is 4.52. The molecular formula is C15H27IN4OS. The van der Waals surface area contributed by atoms with Gasteiger partial charge in [-0.2, -0.15) is 0 Å². The van der Waals surface area contributed by atoms with Gasteiger partial charge in [0.05, 0.1) is 6.54 Å². The molecule has 126 valence electrons. The van der Waals surface area contributed by atoms with E-state index in [1.165, 1.54) is 4.88 Å². The second-order valence-corrected chi connectivity index (χ2v) is 5.55. The highest BCUT2D eigenvalue weighted by molar-refractivity contribution is 14.0. The minimum absolute atomic E-state index is 0. The molecule has 22 heavy (non-hydrogen) atoms. The molecule has 0 saturated heterocycles. The van der Waals surface area contributed by atoms with E-state index in [0.29, 0.717) is 19.5 Å². The number of nitrogens with one attached hydrogen (secondary N) is 2. The van der Waals surface area contributed by atoms with Crippen molar-refractivity contribution >= 4 is 47.2 Å². The third-order valence-corrected chi connectivity index (χ3v) is 3.93. The fraction of sp³-hybridized carbons (Fsp3) is 0.600. The molecule has 0 spiro atoms. The molecule has 0 bridgehead atoms. The molecule has 7 heteroatoms. The van der Waals surface area contributed by atoms with Crippen LogP contribution < -0.4 is 10.6 Å². The number of guanidine groups is 1. The maximum atomic E-state index is 11.9. The minimum atomic E-state index is 0. The fourth-order valence-electron chi connectivity index (χ4n) is 1.92. The van der Waals surface area contributed by atoms with Crippen molar-refractivity contribution in [3.63, 3.8) is 0 Å². The molecule has 0 fully saturated rings. The molecule has 2 N–H and O–H groups in total. The Morgan fingerprint density at radius 1 is 1.27 bits per heavy atom. The summed E-state index contributed by atoms with van der Waals surface area (Å²) in [4.78, 5) is 19.5. The van der Waals surface area contributed by atoms with Gasteiger partial charge in [0.15, 0.2) is 5.96 Å². The molecule has 0 radical (unpaired) electrons. The number of carbonyl (C=O) groups excluding carboxylic acids is 1. The molecule has 1 aromatic heterocycles. The van der Waals surface area contributed by atoms with E-state index >= 15 is 0 Å². The maximum Gasteiger partial charge on any atom is 0.224 e. The Balaban J connectivity index is 0.00000441. The van der Waals surface area contributed by atoms with E-state index in [1.807, 2.05) is 37.1 Å². The highest BCUT2D eigenvalue weighted by Gasteiger charge is 2.09. The lowest BCUT2D eigenvalue weighted by atomic mass is 10.3. The van der Waals surface area contributed by atoms with Crippen LogP contribution in [0.25, 0.3) is 0 Å². The number of aliphatic imine (C=N–C) groups is 1. The van der Waals surface area contributed by atoms with Crippen molar-refractivity contribution in [2.75, 3.05) is 26.2 Å². The Morgan fingerprint density at radius 2 is 2.00 bits per heavy atom. The highest BCUT2D eigenvalue weighted by Crippen LogP contribution is 2.09. The highest BCUT2D eigenvalue weighted by atomic mass is 127. The first-order valence-corrected chi connectivity index (χ1v) is 8.41. The predicted molar refractivity (Wildman–Crippen MR) is 105 cm³/mol. The smallest absolute Gasteiger partial charge is 0.224 e. The number of thiophene rings is 1. The Bertz CT molecular complexity index is 433. The van der Waals surface area contributed by atoms with Crippen LogP contribution in [0, 0.1) is 0 Å². The number of carbonyl (C=O) groups is 1. The van der Waals surface area contributed by atoms with Gasteiger partial charge in [-0.3, -0.25) is 4.79 Å². The Hall–Kier alpha value is -0.830. The molecule has 0 aliphatic carbocycles. The summed E-state index contributed by atoms with van der Waals surface area (Å²) in [7, 11) is 0. The van der Waals surface area contributed by atoms with Crippen LogP contribution in [0.3, 0.4) is 0 Å². The number of amides is 1. The third-order valence-electron chi connectivity index (χ3n) is 3.06. The van der Waals surface area contributed by atoms with E-state index in [-0.39, 0.29) is 29.9 Å². The molecule has 0 unspecified atom stereocenters. The number of nitrogens with zero attached hydrogens (tertiary/aromatic N) is 2. The van der Waals surface area contributed by atoms with Crippen LogP contribution in [-0.2, 0) is 11.3 Å². The second kappa shape index (κ2) is 12.7. The van der Waals surface area contributed by atoms with Gasteiger partial charge in [-0.1, -0.05) is 6.07 Å². The number of hydrogen-bond acceptors (Lipinski definition) is 3. The van der Waals surface area contributed by atoms with Crippen LogP contribution in [0.5, 0.6) is 0 Å². The van der Waals surface area contributed by atoms with Crippen LogP contribution in [0.1, 0.15) is 32.1 Å². The largest absolute Gasteiger partial charge is 0.357 e. The van der Waals surface area contributed by atoms with Gasteiger partial charge in [0.2, 0.25) is 5.91 Å². The Labute approximate surface area is 154 Å². The minimum Gasteiger partial charge on any atom is -0.357 e. The molecule has 0 aliphatic heterocycles. The summed E-state index contributed by atoms with van der Waals surface area (Å²) in [6.07, 6.45) is 0.491. The van der Waals surface area contributed by atoms with E-state index in [1.54, 1.807) is 11.3 Å². The van der Waals surface area contributed by atoms with Gasteiger partial charge in [-0.15, -0.1) is 35.3 Å². The van der Waals surface area contributed by atoms with Crippen LogP contribution in [0.15, 0.2) is 22.5 Å². The van der Waals surface area contributed by atoms with Crippen LogP contribution in [0.4, 0.5) is 0 Å². The summed E-state index contributed by atoms with van der Waals surface area (Å²) >= 11 is 1.70. The summed E-state index contributed by atoms with van der Waals surface area (Å²) < 4.78 is 0. The maximum absolute atomic E-state index is 11.9. The van der Waals surface area contributed by atoms with Crippen LogP contribution in [-0.4, -0.2) is 42.9 Å². The average Bonchev–Trinajstić information content (AvgIpc) is 2.99. The van der Waals surface area contributed by atoms with Crippen molar-refractivity contribution < 1.29 is 4.79 Å². The summed E-state index contributed by atoms with van der Waals surface area (Å²) in [5, 5.41) is 8.46. The van der Waals surface area contributed by atoms with E-state index in [4.69, 9.17) is 0 Å². The van der Waals surface area contributed by atoms with E-state index < -0.39 is 0 Å². The summed E-state index contributed by atoms with van der Waals surface area (Å²) in [5.41, 5.74) is 0. The molecule has 0 aliphatic rings. The van der Waals surface area contributed by atoms with E-state index in [0.717, 1.165) is 25.6 Å². The molecular weight excluding hydrogens is 411 g/mol. The molecule has 1 heterocycles. The van der Waals surface area contributed by atoms with Crippen molar-refractivity contribution in [3.05, 3.63) is 22.4 Å². The van der Waals surface area contributed by atoms with Gasteiger partial charge in [0.1, 0.15) is 0 Å². The van der Waals surface area contributed by atoms with Crippen LogP contribution in [0.2, 0.25) is 0 Å². The normalized spacial score (nSPS) is 10.8. The molecule has 0 aromatic carbocycles. The van der Waals surface area contributed by atoms with Gasteiger partial charge in [0.25, 0.3) is 0 Å². The first-order chi connectivity index (χ1) is 10.2. The van der Waals surface area contributed by atoms with Crippen molar-refractivity contribution in [3.8, 4) is 0 Å². The molecule has 1 rings (SSSR count). The average molecular weight is 438 g/mol. The Morgan fingerprint density at radius 3 is 2.55 bits per heavy atom. The van der Waals surface area contributed by atoms with Crippen molar-refractivity contribution in [1.29, 1.82) is 0 Å². The first kappa shape index (κ1) is 21.2. The van der Waals surface area contributed by atoms with Gasteiger partial charge < -0.3 is 15.5 Å². The lowest BCUT2D eigenvalue weighted by Gasteiger charge is -2.19. The standard InChI is InChI=1S/C15H26N4OS.HI/c1-4-16-15(18-12-13-8-7-11-21-13)17-10-9-14(20)19(5-2)6-3;/h7-8,11H,4-6,9-10,12H2,1-3H3,(H2,16,17,18);1H. The van der Waals surface area contributed by atoms with Gasteiger partial charge in [-0.05, 0) is 32.2 Å². The zero-order valence-electron chi connectivity index (χ0n) is 13.6. The molecule has 1 aromatic rings. The molecule has 0 atom stereocenters. The van der Waals surface area contributed by atoms with Gasteiger partial charge >= 0.3 is 0 Å². The van der Waals surface area contributed by atoms with E-state index in [2.05, 4.69) is 21.7 Å². The van der Waals surface area contributed by atoms with Gasteiger partial charge in [-0.25, -0.2) is 4.99 Å². The van der Waals surface area contributed by atoms with Crippen molar-refractivity contribution in [1.82, 2.24) is 15.5 Å². The van der Waals surface area contributed by atoms with E-state index in [9.17, 15) is 4.79 Å². The fourth-order valence-corrected chi connectivity index (χ4v) is 2.55. The van der Waals surface area contributed by atoms with Crippen molar-refractivity contribution in [2.24, 2.45) is 4.99 Å². The quantitative estimate of drug-likeness (QED) is 0.373. The van der Waals surface area contributed by atoms with Gasteiger partial charge in [0, 0.05) is 37.5 Å². The molecule has 5 nitrogen and oxygen atoms in total. The van der Waals surface area contributed by atoms with Crippen LogP contribution >= 0.6 is 35.3 Å². The Kier molecular flexibility index (Phi) is 12.2. The molecule has 1 amide bonds. The number of rotatable bonds is 8. The monoisotopic (exact) mass is 438 g/mol. The first-order valence-electron chi connectivity index (χ1n) is 7.53. The molecule has 0 saturated carbocycles. The number of halogens is 1. The predicted octanol–water partition coefficient (Wildman–Crippen LogP) is 2.68. The number of hydrogen-bond donors (Lipinski definition) is 2. The third kappa shape index (κ3) is 7.98. The zero-order valence-corrected chi connectivity index (χ0v) is 16.7. The topological polar surface area (TPSA) is 56.7 Å². The SMILES string of the molecule is CCNC(=NCc1cccs1)NCCC(=O)N(CC)CC.I.